The van der Waals surface area contributed by atoms with Crippen molar-refractivity contribution in [1.82, 2.24) is 9.78 Å². The first-order valence-corrected chi connectivity index (χ1v) is 7.50. The Labute approximate surface area is 142 Å². The van der Waals surface area contributed by atoms with Gasteiger partial charge in [-0.15, -0.1) is 0 Å². The van der Waals surface area contributed by atoms with Crippen molar-refractivity contribution in [2.24, 2.45) is 12.8 Å². The highest BCUT2D eigenvalue weighted by Crippen LogP contribution is 2.21. The molecular weight excluding hydrogens is 322 g/mol. The lowest BCUT2D eigenvalue weighted by atomic mass is 10.1. The number of carbonyl (C=O) groups excluding carboxylic acids is 2. The van der Waals surface area contributed by atoms with Crippen LogP contribution in [0.4, 0.5) is 0 Å². The Hall–Kier alpha value is -3.48. The molecule has 3 aromatic rings. The highest BCUT2D eigenvalue weighted by Gasteiger charge is 2.25. The van der Waals surface area contributed by atoms with Crippen LogP contribution in [0.2, 0.25) is 0 Å². The molecule has 1 atom stereocenters. The fourth-order valence-electron chi connectivity index (χ4n) is 2.53. The first-order chi connectivity index (χ1) is 12.0. The zero-order valence-corrected chi connectivity index (χ0v) is 13.4. The topological polar surface area (TPSA) is 104 Å². The number of primary amides is 1. The smallest absolute Gasteiger partial charge is 0.360 e. The van der Waals surface area contributed by atoms with E-state index in [4.69, 9.17) is 10.5 Å². The first-order valence-electron chi connectivity index (χ1n) is 7.50. The van der Waals surface area contributed by atoms with Gasteiger partial charge in [0.15, 0.2) is 5.69 Å². The lowest BCUT2D eigenvalue weighted by Gasteiger charge is -2.15. The largest absolute Gasteiger partial charge is 0.443 e. The highest BCUT2D eigenvalue weighted by molar-refractivity contribution is 6.02. The van der Waals surface area contributed by atoms with E-state index in [1.165, 1.54) is 7.05 Å². The van der Waals surface area contributed by atoms with E-state index in [0.29, 0.717) is 16.3 Å². The van der Waals surface area contributed by atoms with Gasteiger partial charge in [-0.2, -0.15) is 5.10 Å². The lowest BCUT2D eigenvalue weighted by molar-refractivity contribution is -0.127. The van der Waals surface area contributed by atoms with Crippen molar-refractivity contribution >= 4 is 22.6 Å². The maximum absolute atomic E-state index is 12.6. The molecule has 0 spiro atoms. The number of aryl methyl sites for hydroxylation is 1. The molecule has 1 unspecified atom stereocenters. The number of fused-ring (bicyclic) bond motifs is 1. The van der Waals surface area contributed by atoms with E-state index < -0.39 is 18.0 Å². The Morgan fingerprint density at radius 1 is 1.04 bits per heavy atom. The van der Waals surface area contributed by atoms with Gasteiger partial charge >= 0.3 is 5.97 Å². The van der Waals surface area contributed by atoms with Crippen molar-refractivity contribution in [3.8, 4) is 0 Å². The van der Waals surface area contributed by atoms with Crippen LogP contribution in [0.1, 0.15) is 22.2 Å². The fourth-order valence-corrected chi connectivity index (χ4v) is 2.53. The van der Waals surface area contributed by atoms with E-state index in [1.807, 2.05) is 0 Å². The number of aromatic nitrogens is 2. The Balaban J connectivity index is 2.04. The Morgan fingerprint density at radius 2 is 1.64 bits per heavy atom. The molecule has 0 saturated carbocycles. The molecule has 25 heavy (non-hydrogen) atoms. The van der Waals surface area contributed by atoms with Crippen LogP contribution in [0.15, 0.2) is 59.4 Å². The Kier molecular flexibility index (Phi) is 4.30. The summed E-state index contributed by atoms with van der Waals surface area (Å²) in [6.45, 7) is 0. The molecule has 1 aromatic heterocycles. The van der Waals surface area contributed by atoms with E-state index in [-0.39, 0.29) is 11.3 Å². The molecule has 0 fully saturated rings. The number of benzene rings is 2. The summed E-state index contributed by atoms with van der Waals surface area (Å²) >= 11 is 0. The Bertz CT molecular complexity index is 1010. The second-order valence-electron chi connectivity index (χ2n) is 5.42. The summed E-state index contributed by atoms with van der Waals surface area (Å²) in [6, 6.07) is 15.0. The minimum Gasteiger partial charge on any atom is -0.443 e. The first kappa shape index (κ1) is 16.4. The minimum atomic E-state index is -1.24. The van der Waals surface area contributed by atoms with Gasteiger partial charge in [-0.3, -0.25) is 9.59 Å². The molecule has 126 valence electrons. The summed E-state index contributed by atoms with van der Waals surface area (Å²) in [7, 11) is 1.44. The van der Waals surface area contributed by atoms with E-state index in [9.17, 15) is 14.4 Å². The number of ether oxygens (including phenoxy) is 1. The lowest BCUT2D eigenvalue weighted by Crippen LogP contribution is -2.28. The second kappa shape index (κ2) is 6.56. The number of rotatable bonds is 4. The third-order valence-corrected chi connectivity index (χ3v) is 3.74. The molecule has 0 bridgehead atoms. The van der Waals surface area contributed by atoms with Crippen LogP contribution in [-0.2, 0) is 16.6 Å². The zero-order valence-electron chi connectivity index (χ0n) is 13.4. The molecular formula is C18H15N3O4. The number of carbonyl (C=O) groups is 2. The molecule has 1 heterocycles. The molecule has 0 radical (unpaired) electrons. The number of esters is 1. The zero-order chi connectivity index (χ0) is 18.0. The average Bonchev–Trinajstić information content (AvgIpc) is 2.63. The van der Waals surface area contributed by atoms with Crippen molar-refractivity contribution in [1.29, 1.82) is 0 Å². The second-order valence-corrected chi connectivity index (χ2v) is 5.42. The standard InChI is InChI=1S/C18H15N3O4/c1-21-17(23)13-10-6-5-9-12(13)14(20-21)18(24)25-15(16(19)22)11-7-3-2-4-8-11/h2-10,15H,1H3,(H2,19,22). The summed E-state index contributed by atoms with van der Waals surface area (Å²) in [5, 5.41) is 4.67. The molecule has 0 saturated heterocycles. The summed E-state index contributed by atoms with van der Waals surface area (Å²) in [5.41, 5.74) is 5.44. The summed E-state index contributed by atoms with van der Waals surface area (Å²) in [6.07, 6.45) is -1.24. The van der Waals surface area contributed by atoms with Gasteiger partial charge in [0.25, 0.3) is 11.5 Å². The van der Waals surface area contributed by atoms with Crippen LogP contribution in [0, 0.1) is 0 Å². The quantitative estimate of drug-likeness (QED) is 0.723. The summed E-state index contributed by atoms with van der Waals surface area (Å²) in [4.78, 5) is 36.5. The molecule has 7 heteroatoms. The number of nitrogens with zero attached hydrogens (tertiary/aromatic N) is 2. The van der Waals surface area contributed by atoms with Crippen molar-refractivity contribution in [3.63, 3.8) is 0 Å². The van der Waals surface area contributed by atoms with Crippen LogP contribution in [0.25, 0.3) is 10.8 Å². The van der Waals surface area contributed by atoms with E-state index in [1.54, 1.807) is 54.6 Å². The molecule has 0 aliphatic rings. The SMILES string of the molecule is Cn1nc(C(=O)OC(C(N)=O)c2ccccc2)c2ccccc2c1=O. The van der Waals surface area contributed by atoms with Crippen molar-refractivity contribution in [2.75, 3.05) is 0 Å². The molecule has 2 N–H and O–H groups in total. The summed E-state index contributed by atoms with van der Waals surface area (Å²) in [5.74, 6) is -1.63. The van der Waals surface area contributed by atoms with Gasteiger partial charge < -0.3 is 10.5 Å². The number of hydrogen-bond donors (Lipinski definition) is 1. The maximum atomic E-state index is 12.6. The molecule has 1 amide bonds. The van der Waals surface area contributed by atoms with Crippen molar-refractivity contribution < 1.29 is 14.3 Å². The molecule has 7 nitrogen and oxygen atoms in total. The molecule has 0 aliphatic heterocycles. The molecule has 0 aliphatic carbocycles. The van der Waals surface area contributed by atoms with Crippen LogP contribution in [-0.4, -0.2) is 21.7 Å². The van der Waals surface area contributed by atoms with Gasteiger partial charge in [-0.05, 0) is 6.07 Å². The van der Waals surface area contributed by atoms with E-state index >= 15 is 0 Å². The third kappa shape index (κ3) is 3.12. The molecule has 2 aromatic carbocycles. The normalized spacial score (nSPS) is 11.9. The number of hydrogen-bond acceptors (Lipinski definition) is 5. The van der Waals surface area contributed by atoms with Gasteiger partial charge in [0.2, 0.25) is 6.10 Å². The van der Waals surface area contributed by atoms with Crippen LogP contribution >= 0.6 is 0 Å². The summed E-state index contributed by atoms with van der Waals surface area (Å²) < 4.78 is 6.35. The van der Waals surface area contributed by atoms with Crippen molar-refractivity contribution in [3.05, 3.63) is 76.2 Å². The van der Waals surface area contributed by atoms with Gasteiger partial charge in [-0.25, -0.2) is 9.48 Å². The van der Waals surface area contributed by atoms with Gasteiger partial charge in [0.1, 0.15) is 0 Å². The van der Waals surface area contributed by atoms with Gasteiger partial charge in [0, 0.05) is 18.0 Å². The van der Waals surface area contributed by atoms with Crippen LogP contribution in [0.5, 0.6) is 0 Å². The van der Waals surface area contributed by atoms with E-state index in [0.717, 1.165) is 4.68 Å². The van der Waals surface area contributed by atoms with Gasteiger partial charge in [-0.1, -0.05) is 48.5 Å². The minimum absolute atomic E-state index is 0.0557. The molecule has 3 rings (SSSR count). The Morgan fingerprint density at radius 3 is 2.28 bits per heavy atom. The maximum Gasteiger partial charge on any atom is 0.360 e. The fraction of sp³-hybridized carbons (Fsp3) is 0.111. The van der Waals surface area contributed by atoms with Crippen LogP contribution < -0.4 is 11.3 Å². The van der Waals surface area contributed by atoms with Crippen LogP contribution in [0.3, 0.4) is 0 Å². The third-order valence-electron chi connectivity index (χ3n) is 3.74. The van der Waals surface area contributed by atoms with Crippen molar-refractivity contribution in [2.45, 2.75) is 6.10 Å². The van der Waals surface area contributed by atoms with Gasteiger partial charge in [0.05, 0.1) is 5.39 Å². The highest BCUT2D eigenvalue weighted by atomic mass is 16.5. The monoisotopic (exact) mass is 337 g/mol. The predicted molar refractivity (Wildman–Crippen MR) is 90.8 cm³/mol. The number of amides is 1. The van der Waals surface area contributed by atoms with E-state index in [2.05, 4.69) is 5.10 Å². The average molecular weight is 337 g/mol. The number of nitrogens with two attached hydrogens (primary N) is 1. The predicted octanol–water partition coefficient (Wildman–Crippen LogP) is 1.32.